The van der Waals surface area contributed by atoms with Crippen molar-refractivity contribution < 1.29 is 4.79 Å². The average molecular weight is 275 g/mol. The van der Waals surface area contributed by atoms with Crippen molar-refractivity contribution in [2.24, 2.45) is 0 Å². The Hall–Kier alpha value is -1.55. The zero-order chi connectivity index (χ0) is 14.5. The number of rotatable bonds is 4. The highest BCUT2D eigenvalue weighted by molar-refractivity contribution is 5.77. The second-order valence-corrected chi connectivity index (χ2v) is 5.80. The van der Waals surface area contributed by atoms with Gasteiger partial charge in [0.2, 0.25) is 5.91 Å². The SMILES string of the molecule is Cc1ccccc1NC1CCN(CC(=O)N(C)C)CC1. The van der Waals surface area contributed by atoms with Crippen LogP contribution in [0.1, 0.15) is 18.4 Å². The molecular formula is C16H25N3O. The molecule has 4 heteroatoms. The van der Waals surface area contributed by atoms with E-state index in [0.29, 0.717) is 12.6 Å². The van der Waals surface area contributed by atoms with Crippen LogP contribution in [0.25, 0.3) is 0 Å². The van der Waals surface area contributed by atoms with Crippen LogP contribution >= 0.6 is 0 Å². The van der Waals surface area contributed by atoms with Gasteiger partial charge in [0.15, 0.2) is 0 Å². The van der Waals surface area contributed by atoms with Gasteiger partial charge in [-0.2, -0.15) is 0 Å². The van der Waals surface area contributed by atoms with Gasteiger partial charge in [0, 0.05) is 38.9 Å². The number of carbonyl (C=O) groups excluding carboxylic acids is 1. The number of amides is 1. The van der Waals surface area contributed by atoms with Crippen molar-refractivity contribution >= 4 is 11.6 Å². The second kappa shape index (κ2) is 6.75. The third-order valence-electron chi connectivity index (χ3n) is 3.95. The summed E-state index contributed by atoms with van der Waals surface area (Å²) in [5.74, 6) is 0.190. The van der Waals surface area contributed by atoms with E-state index in [9.17, 15) is 4.79 Å². The number of nitrogens with zero attached hydrogens (tertiary/aromatic N) is 2. The highest BCUT2D eigenvalue weighted by Gasteiger charge is 2.21. The smallest absolute Gasteiger partial charge is 0.236 e. The van der Waals surface area contributed by atoms with Gasteiger partial charge in [-0.15, -0.1) is 0 Å². The zero-order valence-corrected chi connectivity index (χ0v) is 12.7. The molecule has 0 aliphatic carbocycles. The predicted octanol–water partition coefficient (Wildman–Crippen LogP) is 1.96. The number of carbonyl (C=O) groups is 1. The van der Waals surface area contributed by atoms with E-state index in [1.54, 1.807) is 4.90 Å². The molecule has 1 aromatic rings. The number of para-hydroxylation sites is 1. The third kappa shape index (κ3) is 3.97. The number of nitrogens with one attached hydrogen (secondary N) is 1. The molecule has 2 rings (SSSR count). The van der Waals surface area contributed by atoms with Gasteiger partial charge in [0.1, 0.15) is 0 Å². The highest BCUT2D eigenvalue weighted by Crippen LogP contribution is 2.19. The van der Waals surface area contributed by atoms with E-state index in [4.69, 9.17) is 0 Å². The molecule has 1 aliphatic rings. The van der Waals surface area contributed by atoms with Gasteiger partial charge in [0.25, 0.3) is 0 Å². The summed E-state index contributed by atoms with van der Waals surface area (Å²) >= 11 is 0. The first-order chi connectivity index (χ1) is 9.56. The summed E-state index contributed by atoms with van der Waals surface area (Å²) in [6.45, 7) is 4.66. The molecule has 4 nitrogen and oxygen atoms in total. The maximum Gasteiger partial charge on any atom is 0.236 e. The van der Waals surface area contributed by atoms with Crippen molar-refractivity contribution in [2.45, 2.75) is 25.8 Å². The van der Waals surface area contributed by atoms with Crippen molar-refractivity contribution in [1.82, 2.24) is 9.80 Å². The molecule has 0 saturated carbocycles. The molecule has 110 valence electrons. The Morgan fingerprint density at radius 2 is 1.95 bits per heavy atom. The number of hydrogen-bond acceptors (Lipinski definition) is 3. The first-order valence-electron chi connectivity index (χ1n) is 7.31. The number of benzene rings is 1. The lowest BCUT2D eigenvalue weighted by atomic mass is 10.0. The Labute approximate surface area is 121 Å². The molecule has 1 saturated heterocycles. The fourth-order valence-corrected chi connectivity index (χ4v) is 2.52. The molecule has 0 spiro atoms. The number of aryl methyl sites for hydroxylation is 1. The minimum absolute atomic E-state index is 0.190. The van der Waals surface area contributed by atoms with Crippen molar-refractivity contribution in [3.05, 3.63) is 29.8 Å². The van der Waals surface area contributed by atoms with Crippen molar-refractivity contribution in [1.29, 1.82) is 0 Å². The van der Waals surface area contributed by atoms with Gasteiger partial charge in [-0.3, -0.25) is 9.69 Å². The summed E-state index contributed by atoms with van der Waals surface area (Å²) < 4.78 is 0. The van der Waals surface area contributed by atoms with Crippen LogP contribution in [0, 0.1) is 6.92 Å². The summed E-state index contributed by atoms with van der Waals surface area (Å²) in [6.07, 6.45) is 2.18. The summed E-state index contributed by atoms with van der Waals surface area (Å²) in [5, 5.41) is 3.62. The number of anilines is 1. The van der Waals surface area contributed by atoms with E-state index in [1.165, 1.54) is 11.3 Å². The molecule has 0 atom stereocenters. The van der Waals surface area contributed by atoms with Crippen LogP contribution < -0.4 is 5.32 Å². The molecule has 1 N–H and O–H groups in total. The van der Waals surface area contributed by atoms with Gasteiger partial charge in [-0.05, 0) is 31.4 Å². The summed E-state index contributed by atoms with van der Waals surface area (Å²) in [7, 11) is 3.63. The van der Waals surface area contributed by atoms with Crippen LogP contribution in [-0.2, 0) is 4.79 Å². The Bertz CT molecular complexity index is 451. The van der Waals surface area contributed by atoms with E-state index in [0.717, 1.165) is 25.9 Å². The fraction of sp³-hybridized carbons (Fsp3) is 0.562. The van der Waals surface area contributed by atoms with E-state index < -0.39 is 0 Å². The number of piperidine rings is 1. The van der Waals surface area contributed by atoms with Crippen LogP contribution in [0.15, 0.2) is 24.3 Å². The molecule has 0 aromatic heterocycles. The maximum absolute atomic E-state index is 11.7. The molecule has 1 amide bonds. The summed E-state index contributed by atoms with van der Waals surface area (Å²) in [4.78, 5) is 15.6. The molecule has 0 unspecified atom stereocenters. The minimum Gasteiger partial charge on any atom is -0.382 e. The Morgan fingerprint density at radius 3 is 2.55 bits per heavy atom. The van der Waals surface area contributed by atoms with Crippen LogP contribution in [0.2, 0.25) is 0 Å². The molecule has 0 bridgehead atoms. The van der Waals surface area contributed by atoms with E-state index >= 15 is 0 Å². The minimum atomic E-state index is 0.190. The largest absolute Gasteiger partial charge is 0.382 e. The predicted molar refractivity (Wildman–Crippen MR) is 83.0 cm³/mol. The van der Waals surface area contributed by atoms with Crippen LogP contribution in [0.3, 0.4) is 0 Å². The standard InChI is InChI=1S/C16H25N3O/c1-13-6-4-5-7-15(13)17-14-8-10-19(11-9-14)12-16(20)18(2)3/h4-7,14,17H,8-12H2,1-3H3. The molecule has 1 heterocycles. The molecular weight excluding hydrogens is 250 g/mol. The van der Waals surface area contributed by atoms with Crippen molar-refractivity contribution in [2.75, 3.05) is 39.0 Å². The molecule has 20 heavy (non-hydrogen) atoms. The van der Waals surface area contributed by atoms with Gasteiger partial charge in [-0.25, -0.2) is 0 Å². The van der Waals surface area contributed by atoms with Gasteiger partial charge in [0.05, 0.1) is 6.54 Å². The molecule has 1 aromatic carbocycles. The topological polar surface area (TPSA) is 35.6 Å². The lowest BCUT2D eigenvalue weighted by molar-refractivity contribution is -0.130. The fourth-order valence-electron chi connectivity index (χ4n) is 2.52. The van der Waals surface area contributed by atoms with Gasteiger partial charge in [-0.1, -0.05) is 18.2 Å². The Morgan fingerprint density at radius 1 is 1.30 bits per heavy atom. The van der Waals surface area contributed by atoms with Crippen LogP contribution in [0.5, 0.6) is 0 Å². The Kier molecular flexibility index (Phi) is 5.01. The highest BCUT2D eigenvalue weighted by atomic mass is 16.2. The molecule has 1 fully saturated rings. The quantitative estimate of drug-likeness (QED) is 0.912. The number of hydrogen-bond donors (Lipinski definition) is 1. The van der Waals surface area contributed by atoms with Crippen molar-refractivity contribution in [3.63, 3.8) is 0 Å². The average Bonchev–Trinajstić information content (AvgIpc) is 2.43. The summed E-state index contributed by atoms with van der Waals surface area (Å²) in [5.41, 5.74) is 2.52. The number of likely N-dealkylation sites (tertiary alicyclic amines) is 1. The van der Waals surface area contributed by atoms with E-state index in [-0.39, 0.29) is 5.91 Å². The van der Waals surface area contributed by atoms with Gasteiger partial charge < -0.3 is 10.2 Å². The van der Waals surface area contributed by atoms with E-state index in [1.807, 2.05) is 14.1 Å². The lowest BCUT2D eigenvalue weighted by Gasteiger charge is -2.33. The summed E-state index contributed by atoms with van der Waals surface area (Å²) in [6, 6.07) is 8.92. The second-order valence-electron chi connectivity index (χ2n) is 5.80. The molecule has 1 aliphatic heterocycles. The Balaban J connectivity index is 1.80. The van der Waals surface area contributed by atoms with Crippen molar-refractivity contribution in [3.8, 4) is 0 Å². The van der Waals surface area contributed by atoms with Gasteiger partial charge >= 0.3 is 0 Å². The van der Waals surface area contributed by atoms with Crippen LogP contribution in [-0.4, -0.2) is 55.5 Å². The third-order valence-corrected chi connectivity index (χ3v) is 3.95. The number of likely N-dealkylation sites (N-methyl/N-ethyl adjacent to an activating group) is 1. The normalized spacial score (nSPS) is 16.9. The van der Waals surface area contributed by atoms with Crippen LogP contribution in [0.4, 0.5) is 5.69 Å². The zero-order valence-electron chi connectivity index (χ0n) is 12.7. The lowest BCUT2D eigenvalue weighted by Crippen LogP contribution is -2.43. The monoisotopic (exact) mass is 275 g/mol. The maximum atomic E-state index is 11.7. The molecule has 0 radical (unpaired) electrons. The van der Waals surface area contributed by atoms with E-state index in [2.05, 4.69) is 41.4 Å². The first-order valence-corrected chi connectivity index (χ1v) is 7.31. The first kappa shape index (κ1) is 14.9.